The standard InChI is InChI=1S/C8H4BrClOS/c9-5-1-4-7(11)3-12-8(4)2-6(5)10/h1-3,11H. The monoisotopic (exact) mass is 262 g/mol. The van der Waals surface area contributed by atoms with Gasteiger partial charge >= 0.3 is 0 Å². The Morgan fingerprint density at radius 2 is 2.17 bits per heavy atom. The van der Waals surface area contributed by atoms with Gasteiger partial charge in [-0.2, -0.15) is 0 Å². The fraction of sp³-hybridized carbons (Fsp3) is 0. The lowest BCUT2D eigenvalue weighted by Crippen LogP contribution is -1.68. The number of benzene rings is 1. The van der Waals surface area contributed by atoms with Crippen molar-refractivity contribution in [3.8, 4) is 5.75 Å². The minimum Gasteiger partial charge on any atom is -0.506 e. The van der Waals surface area contributed by atoms with Gasteiger partial charge in [0.05, 0.1) is 5.02 Å². The van der Waals surface area contributed by atoms with Crippen LogP contribution in [0, 0.1) is 0 Å². The molecule has 0 aliphatic rings. The van der Waals surface area contributed by atoms with Crippen LogP contribution in [0.4, 0.5) is 0 Å². The summed E-state index contributed by atoms with van der Waals surface area (Å²) in [5.74, 6) is 0.312. The third-order valence-electron chi connectivity index (χ3n) is 1.60. The summed E-state index contributed by atoms with van der Waals surface area (Å²) in [5, 5.41) is 12.6. The van der Waals surface area contributed by atoms with Crippen LogP contribution in [0.1, 0.15) is 0 Å². The van der Waals surface area contributed by atoms with Gasteiger partial charge < -0.3 is 5.11 Å². The largest absolute Gasteiger partial charge is 0.506 e. The molecule has 1 N–H and O–H groups in total. The van der Waals surface area contributed by atoms with E-state index in [1.165, 1.54) is 11.3 Å². The second-order valence-corrected chi connectivity index (χ2v) is 4.56. The van der Waals surface area contributed by atoms with Crippen molar-refractivity contribution >= 4 is 49.0 Å². The molecule has 1 aromatic carbocycles. The zero-order valence-electron chi connectivity index (χ0n) is 5.84. The lowest BCUT2D eigenvalue weighted by atomic mass is 10.2. The third kappa shape index (κ3) is 1.22. The average molecular weight is 264 g/mol. The Morgan fingerprint density at radius 3 is 2.92 bits per heavy atom. The van der Waals surface area contributed by atoms with Crippen molar-refractivity contribution in [3.05, 3.63) is 27.0 Å². The number of hydrogen-bond acceptors (Lipinski definition) is 2. The molecule has 4 heteroatoms. The first kappa shape index (κ1) is 8.35. The minimum atomic E-state index is 0.312. The van der Waals surface area contributed by atoms with Gasteiger partial charge in [-0.15, -0.1) is 11.3 Å². The normalized spacial score (nSPS) is 10.8. The molecular weight excluding hydrogens is 260 g/mol. The molecule has 0 aliphatic heterocycles. The highest BCUT2D eigenvalue weighted by atomic mass is 79.9. The molecule has 62 valence electrons. The number of halogens is 2. The van der Waals surface area contributed by atoms with Crippen LogP contribution in [-0.4, -0.2) is 5.11 Å². The molecule has 2 rings (SSSR count). The lowest BCUT2D eigenvalue weighted by Gasteiger charge is -1.95. The van der Waals surface area contributed by atoms with Crippen LogP contribution < -0.4 is 0 Å². The minimum absolute atomic E-state index is 0.312. The van der Waals surface area contributed by atoms with Crippen LogP contribution in [0.5, 0.6) is 5.75 Å². The van der Waals surface area contributed by atoms with Gasteiger partial charge in [0, 0.05) is 19.9 Å². The van der Waals surface area contributed by atoms with Gasteiger partial charge in [-0.25, -0.2) is 0 Å². The molecule has 0 amide bonds. The first-order valence-electron chi connectivity index (χ1n) is 3.23. The van der Waals surface area contributed by atoms with Gasteiger partial charge in [0.2, 0.25) is 0 Å². The summed E-state index contributed by atoms with van der Waals surface area (Å²) in [7, 11) is 0. The van der Waals surface area contributed by atoms with E-state index in [9.17, 15) is 5.11 Å². The van der Waals surface area contributed by atoms with Crippen LogP contribution in [0.25, 0.3) is 10.1 Å². The Kier molecular flexibility index (Phi) is 2.02. The van der Waals surface area contributed by atoms with Crippen LogP contribution in [0.15, 0.2) is 22.0 Å². The van der Waals surface area contributed by atoms with E-state index in [4.69, 9.17) is 11.6 Å². The molecule has 2 aromatic rings. The topological polar surface area (TPSA) is 20.2 Å². The highest BCUT2D eigenvalue weighted by Crippen LogP contribution is 2.36. The zero-order valence-corrected chi connectivity index (χ0v) is 9.00. The van der Waals surface area contributed by atoms with E-state index in [1.807, 2.05) is 12.1 Å². The molecule has 12 heavy (non-hydrogen) atoms. The van der Waals surface area contributed by atoms with Crippen molar-refractivity contribution in [1.29, 1.82) is 0 Å². The molecule has 1 heterocycles. The second-order valence-electron chi connectivity index (χ2n) is 2.38. The summed E-state index contributed by atoms with van der Waals surface area (Å²) < 4.78 is 1.81. The average Bonchev–Trinajstić information content (AvgIpc) is 2.35. The highest BCUT2D eigenvalue weighted by Gasteiger charge is 2.05. The molecule has 0 atom stereocenters. The zero-order chi connectivity index (χ0) is 8.72. The van der Waals surface area contributed by atoms with Crippen molar-refractivity contribution in [3.63, 3.8) is 0 Å². The summed E-state index contributed by atoms with van der Waals surface area (Å²) in [4.78, 5) is 0. The third-order valence-corrected chi connectivity index (χ3v) is 3.73. The van der Waals surface area contributed by atoms with Crippen LogP contribution in [-0.2, 0) is 0 Å². The Balaban J connectivity index is 2.87. The smallest absolute Gasteiger partial charge is 0.134 e. The van der Waals surface area contributed by atoms with Crippen LogP contribution in [0.3, 0.4) is 0 Å². The Morgan fingerprint density at radius 1 is 1.42 bits per heavy atom. The molecule has 0 spiro atoms. The van der Waals surface area contributed by atoms with Gasteiger partial charge in [-0.05, 0) is 28.1 Å². The van der Waals surface area contributed by atoms with Crippen LogP contribution in [0.2, 0.25) is 5.02 Å². The van der Waals surface area contributed by atoms with E-state index < -0.39 is 0 Å². The summed E-state index contributed by atoms with van der Waals surface area (Å²) in [5.41, 5.74) is 0. The maximum absolute atomic E-state index is 9.37. The van der Waals surface area contributed by atoms with E-state index in [0.29, 0.717) is 10.8 Å². The maximum Gasteiger partial charge on any atom is 0.134 e. The molecule has 0 radical (unpaired) electrons. The predicted molar refractivity (Wildman–Crippen MR) is 56.2 cm³/mol. The van der Waals surface area contributed by atoms with E-state index in [0.717, 1.165) is 14.6 Å². The number of fused-ring (bicyclic) bond motifs is 1. The Hall–Kier alpha value is -0.250. The molecule has 0 bridgehead atoms. The summed E-state index contributed by atoms with van der Waals surface area (Å²) in [6.45, 7) is 0. The maximum atomic E-state index is 9.37. The molecule has 1 nitrogen and oxygen atoms in total. The SMILES string of the molecule is Oc1csc2cc(Cl)c(Br)cc12. The van der Waals surface area contributed by atoms with Crippen molar-refractivity contribution < 1.29 is 5.11 Å². The fourth-order valence-corrected chi connectivity index (χ4v) is 2.42. The highest BCUT2D eigenvalue weighted by molar-refractivity contribution is 9.10. The second kappa shape index (κ2) is 2.91. The van der Waals surface area contributed by atoms with E-state index in [-0.39, 0.29) is 0 Å². The van der Waals surface area contributed by atoms with Crippen molar-refractivity contribution in [1.82, 2.24) is 0 Å². The Bertz CT molecular complexity index is 438. The molecule has 1 aromatic heterocycles. The number of rotatable bonds is 0. The van der Waals surface area contributed by atoms with Gasteiger partial charge in [0.1, 0.15) is 5.75 Å². The fourth-order valence-electron chi connectivity index (χ4n) is 1.01. The molecule has 0 saturated carbocycles. The van der Waals surface area contributed by atoms with Gasteiger partial charge in [0.15, 0.2) is 0 Å². The van der Waals surface area contributed by atoms with E-state index in [2.05, 4.69) is 15.9 Å². The van der Waals surface area contributed by atoms with Crippen molar-refractivity contribution in [2.24, 2.45) is 0 Å². The lowest BCUT2D eigenvalue weighted by molar-refractivity contribution is 0.483. The van der Waals surface area contributed by atoms with Gasteiger partial charge in [0.25, 0.3) is 0 Å². The number of hydrogen-bond donors (Lipinski definition) is 1. The summed E-state index contributed by atoms with van der Waals surface area (Å²) >= 11 is 10.7. The van der Waals surface area contributed by atoms with Crippen LogP contribution >= 0.6 is 38.9 Å². The molecular formula is C8H4BrClOS. The molecule has 0 aliphatic carbocycles. The number of aromatic hydroxyl groups is 1. The Labute approximate surface area is 86.7 Å². The van der Waals surface area contributed by atoms with Gasteiger partial charge in [-0.3, -0.25) is 0 Å². The van der Waals surface area contributed by atoms with Crippen molar-refractivity contribution in [2.45, 2.75) is 0 Å². The number of thiophene rings is 1. The predicted octanol–water partition coefficient (Wildman–Crippen LogP) is 4.02. The molecule has 0 fully saturated rings. The quantitative estimate of drug-likeness (QED) is 0.761. The van der Waals surface area contributed by atoms with E-state index in [1.54, 1.807) is 5.38 Å². The first-order valence-corrected chi connectivity index (χ1v) is 5.29. The molecule has 0 unspecified atom stereocenters. The summed E-state index contributed by atoms with van der Waals surface area (Å²) in [6.07, 6.45) is 0. The van der Waals surface area contributed by atoms with Gasteiger partial charge in [-0.1, -0.05) is 11.6 Å². The molecule has 0 saturated heterocycles. The summed E-state index contributed by atoms with van der Waals surface area (Å²) in [6, 6.07) is 3.66. The first-order chi connectivity index (χ1) is 5.68. The van der Waals surface area contributed by atoms with E-state index >= 15 is 0 Å². The van der Waals surface area contributed by atoms with Crippen molar-refractivity contribution in [2.75, 3.05) is 0 Å².